The van der Waals surface area contributed by atoms with Gasteiger partial charge in [0.2, 0.25) is 0 Å². The standard InChI is InChI=1S/C14H21N3O/c1-4-14(10-16-13(15)17(14)5-2)11-6-8-12(18-3)9-7-11/h6-9H,4-5,10H2,1-3H3,(H2,15,16). The number of nitrogens with two attached hydrogens (primary N) is 1. The van der Waals surface area contributed by atoms with Crippen molar-refractivity contribution in [3.8, 4) is 5.75 Å². The maximum absolute atomic E-state index is 5.99. The number of ether oxygens (including phenoxy) is 1. The Morgan fingerprint density at radius 2 is 2.00 bits per heavy atom. The fourth-order valence-corrected chi connectivity index (χ4v) is 2.72. The number of benzene rings is 1. The predicted octanol–water partition coefficient (Wildman–Crippen LogP) is 1.95. The van der Waals surface area contributed by atoms with E-state index in [9.17, 15) is 0 Å². The highest BCUT2D eigenvalue weighted by molar-refractivity contribution is 5.81. The second-order valence-corrected chi connectivity index (χ2v) is 4.53. The van der Waals surface area contributed by atoms with E-state index in [4.69, 9.17) is 10.5 Å². The van der Waals surface area contributed by atoms with E-state index in [-0.39, 0.29) is 5.54 Å². The van der Waals surface area contributed by atoms with E-state index in [0.717, 1.165) is 25.3 Å². The lowest BCUT2D eigenvalue weighted by Crippen LogP contribution is -2.48. The van der Waals surface area contributed by atoms with E-state index in [1.54, 1.807) is 7.11 Å². The molecule has 2 rings (SSSR count). The zero-order valence-corrected chi connectivity index (χ0v) is 11.3. The molecule has 0 aromatic heterocycles. The second-order valence-electron chi connectivity index (χ2n) is 4.53. The Morgan fingerprint density at radius 3 is 2.50 bits per heavy atom. The highest BCUT2D eigenvalue weighted by atomic mass is 16.5. The van der Waals surface area contributed by atoms with Crippen molar-refractivity contribution in [2.75, 3.05) is 20.2 Å². The van der Waals surface area contributed by atoms with Crippen LogP contribution in [0.25, 0.3) is 0 Å². The van der Waals surface area contributed by atoms with Gasteiger partial charge in [0.15, 0.2) is 5.96 Å². The number of methoxy groups -OCH3 is 1. The zero-order valence-electron chi connectivity index (χ0n) is 11.3. The van der Waals surface area contributed by atoms with Crippen LogP contribution >= 0.6 is 0 Å². The first-order chi connectivity index (χ1) is 8.67. The molecule has 4 nitrogen and oxygen atoms in total. The van der Waals surface area contributed by atoms with Crippen molar-refractivity contribution in [3.63, 3.8) is 0 Å². The van der Waals surface area contributed by atoms with Crippen molar-refractivity contribution in [1.29, 1.82) is 0 Å². The van der Waals surface area contributed by atoms with E-state index in [1.165, 1.54) is 5.56 Å². The molecule has 1 aromatic carbocycles. The van der Waals surface area contributed by atoms with Crippen molar-refractivity contribution in [1.82, 2.24) is 4.90 Å². The molecule has 0 spiro atoms. The number of aliphatic imine (C=N–C) groups is 1. The number of nitrogens with zero attached hydrogens (tertiary/aromatic N) is 2. The number of hydrogen-bond donors (Lipinski definition) is 1. The van der Waals surface area contributed by atoms with E-state index in [0.29, 0.717) is 5.96 Å². The van der Waals surface area contributed by atoms with Crippen LogP contribution in [0.3, 0.4) is 0 Å². The summed E-state index contributed by atoms with van der Waals surface area (Å²) in [5.41, 5.74) is 7.14. The van der Waals surface area contributed by atoms with Crippen LogP contribution in [0.4, 0.5) is 0 Å². The minimum atomic E-state index is -0.0922. The minimum Gasteiger partial charge on any atom is -0.497 e. The van der Waals surface area contributed by atoms with Crippen LogP contribution in [0.5, 0.6) is 5.75 Å². The lowest BCUT2D eigenvalue weighted by molar-refractivity contribution is 0.202. The lowest BCUT2D eigenvalue weighted by Gasteiger charge is -2.38. The first kappa shape index (κ1) is 12.7. The molecule has 0 aliphatic carbocycles. The van der Waals surface area contributed by atoms with Gasteiger partial charge in [0.1, 0.15) is 5.75 Å². The quantitative estimate of drug-likeness (QED) is 0.884. The average molecular weight is 247 g/mol. The molecule has 0 saturated heterocycles. The molecule has 0 fully saturated rings. The summed E-state index contributed by atoms with van der Waals surface area (Å²) < 4.78 is 5.21. The fraction of sp³-hybridized carbons (Fsp3) is 0.500. The Balaban J connectivity index is 2.38. The van der Waals surface area contributed by atoms with Crippen molar-refractivity contribution < 1.29 is 4.74 Å². The third kappa shape index (κ3) is 1.82. The summed E-state index contributed by atoms with van der Waals surface area (Å²) in [6, 6.07) is 8.21. The Bertz CT molecular complexity index is 441. The molecule has 0 saturated carbocycles. The van der Waals surface area contributed by atoms with Gasteiger partial charge in [-0.25, -0.2) is 0 Å². The molecular weight excluding hydrogens is 226 g/mol. The van der Waals surface area contributed by atoms with Crippen molar-refractivity contribution in [3.05, 3.63) is 29.8 Å². The first-order valence-electron chi connectivity index (χ1n) is 6.40. The van der Waals surface area contributed by atoms with Gasteiger partial charge in [0, 0.05) is 6.54 Å². The highest BCUT2D eigenvalue weighted by Gasteiger charge is 2.41. The molecule has 1 aliphatic heterocycles. The monoisotopic (exact) mass is 247 g/mol. The van der Waals surface area contributed by atoms with Gasteiger partial charge in [-0.1, -0.05) is 19.1 Å². The van der Waals surface area contributed by atoms with Gasteiger partial charge in [-0.3, -0.25) is 4.99 Å². The number of rotatable bonds is 4. The van der Waals surface area contributed by atoms with Crippen LogP contribution < -0.4 is 10.5 Å². The summed E-state index contributed by atoms with van der Waals surface area (Å²) in [7, 11) is 1.68. The van der Waals surface area contributed by atoms with E-state index in [1.807, 2.05) is 12.1 Å². The second kappa shape index (κ2) is 4.88. The molecule has 0 amide bonds. The Labute approximate surface area is 108 Å². The molecule has 98 valence electrons. The average Bonchev–Trinajstić information content (AvgIpc) is 2.76. The topological polar surface area (TPSA) is 50.8 Å². The molecule has 4 heteroatoms. The van der Waals surface area contributed by atoms with E-state index < -0.39 is 0 Å². The molecule has 1 aromatic rings. The van der Waals surface area contributed by atoms with Gasteiger partial charge in [-0.05, 0) is 31.0 Å². The summed E-state index contributed by atoms with van der Waals surface area (Å²) in [6.45, 7) is 5.90. The van der Waals surface area contributed by atoms with Crippen LogP contribution in [-0.2, 0) is 5.54 Å². The molecular formula is C14H21N3O. The first-order valence-corrected chi connectivity index (χ1v) is 6.40. The molecule has 1 aliphatic rings. The van der Waals surface area contributed by atoms with Gasteiger partial charge >= 0.3 is 0 Å². The maximum Gasteiger partial charge on any atom is 0.192 e. The molecule has 1 atom stereocenters. The minimum absolute atomic E-state index is 0.0922. The Hall–Kier alpha value is -1.71. The van der Waals surface area contributed by atoms with Crippen molar-refractivity contribution in [2.24, 2.45) is 10.7 Å². The van der Waals surface area contributed by atoms with Gasteiger partial charge in [-0.15, -0.1) is 0 Å². The molecule has 1 unspecified atom stereocenters. The number of guanidine groups is 1. The summed E-state index contributed by atoms with van der Waals surface area (Å²) >= 11 is 0. The van der Waals surface area contributed by atoms with E-state index in [2.05, 4.69) is 35.9 Å². The van der Waals surface area contributed by atoms with Crippen molar-refractivity contribution in [2.45, 2.75) is 25.8 Å². The van der Waals surface area contributed by atoms with Gasteiger partial charge in [0.05, 0.1) is 19.2 Å². The summed E-state index contributed by atoms with van der Waals surface area (Å²) in [5, 5.41) is 0. The maximum atomic E-state index is 5.99. The van der Waals surface area contributed by atoms with Gasteiger partial charge in [-0.2, -0.15) is 0 Å². The zero-order chi connectivity index (χ0) is 13.2. The van der Waals surface area contributed by atoms with Crippen LogP contribution in [0.2, 0.25) is 0 Å². The number of hydrogen-bond acceptors (Lipinski definition) is 4. The summed E-state index contributed by atoms with van der Waals surface area (Å²) in [6.07, 6.45) is 0.984. The SMILES string of the molecule is CCN1C(N)=NCC1(CC)c1ccc(OC)cc1. The fourth-order valence-electron chi connectivity index (χ4n) is 2.72. The van der Waals surface area contributed by atoms with Crippen LogP contribution in [0, 0.1) is 0 Å². The highest BCUT2D eigenvalue weighted by Crippen LogP contribution is 2.36. The molecule has 1 heterocycles. The lowest BCUT2D eigenvalue weighted by atomic mass is 9.86. The van der Waals surface area contributed by atoms with Crippen LogP contribution in [0.1, 0.15) is 25.8 Å². The van der Waals surface area contributed by atoms with E-state index >= 15 is 0 Å². The van der Waals surface area contributed by atoms with Gasteiger partial charge < -0.3 is 15.4 Å². The summed E-state index contributed by atoms with van der Waals surface area (Å²) in [5.74, 6) is 1.52. The summed E-state index contributed by atoms with van der Waals surface area (Å²) in [4.78, 5) is 6.61. The Morgan fingerprint density at radius 1 is 1.33 bits per heavy atom. The normalized spacial score (nSPS) is 23.1. The van der Waals surface area contributed by atoms with Crippen LogP contribution in [0.15, 0.2) is 29.3 Å². The molecule has 18 heavy (non-hydrogen) atoms. The molecule has 0 bridgehead atoms. The predicted molar refractivity (Wildman–Crippen MR) is 73.8 cm³/mol. The van der Waals surface area contributed by atoms with Crippen LogP contribution in [-0.4, -0.2) is 31.1 Å². The molecule has 2 N–H and O–H groups in total. The largest absolute Gasteiger partial charge is 0.497 e. The molecule has 0 radical (unpaired) electrons. The Kier molecular flexibility index (Phi) is 3.45. The van der Waals surface area contributed by atoms with Gasteiger partial charge in [0.25, 0.3) is 0 Å². The van der Waals surface area contributed by atoms with Crippen molar-refractivity contribution >= 4 is 5.96 Å². The smallest absolute Gasteiger partial charge is 0.192 e. The third-order valence-corrected chi connectivity index (χ3v) is 3.82. The number of likely N-dealkylation sites (N-methyl/N-ethyl adjacent to an activating group) is 1. The third-order valence-electron chi connectivity index (χ3n) is 3.82.